The predicted molar refractivity (Wildman–Crippen MR) is 57.6 cm³/mol. The Kier molecular flexibility index (Phi) is 3.59. The van der Waals surface area contributed by atoms with Gasteiger partial charge in [-0.05, 0) is 32.9 Å². The SMILES string of the molecule is CCOC(=O)C1CCN(C2CNC2)CC1. The second-order valence-corrected chi connectivity index (χ2v) is 4.37. The Bertz CT molecular complexity index is 221. The number of nitrogens with one attached hydrogen (secondary N) is 1. The van der Waals surface area contributed by atoms with Crippen LogP contribution in [0.5, 0.6) is 0 Å². The van der Waals surface area contributed by atoms with Crippen LogP contribution in [-0.2, 0) is 9.53 Å². The maximum absolute atomic E-state index is 11.5. The Morgan fingerprint density at radius 2 is 2.07 bits per heavy atom. The van der Waals surface area contributed by atoms with E-state index in [1.54, 1.807) is 0 Å². The van der Waals surface area contributed by atoms with Gasteiger partial charge in [-0.3, -0.25) is 9.69 Å². The van der Waals surface area contributed by atoms with E-state index in [0.717, 1.165) is 39.0 Å². The normalized spacial score (nSPS) is 24.9. The van der Waals surface area contributed by atoms with E-state index in [0.29, 0.717) is 12.6 Å². The first kappa shape index (κ1) is 10.9. The highest BCUT2D eigenvalue weighted by Crippen LogP contribution is 2.21. The van der Waals surface area contributed by atoms with Crippen LogP contribution in [-0.4, -0.2) is 49.7 Å². The number of carbonyl (C=O) groups excluding carboxylic acids is 1. The van der Waals surface area contributed by atoms with Gasteiger partial charge in [-0.15, -0.1) is 0 Å². The molecule has 4 heteroatoms. The van der Waals surface area contributed by atoms with Gasteiger partial charge >= 0.3 is 5.97 Å². The van der Waals surface area contributed by atoms with E-state index < -0.39 is 0 Å². The van der Waals surface area contributed by atoms with Gasteiger partial charge in [0.1, 0.15) is 0 Å². The van der Waals surface area contributed by atoms with E-state index in [9.17, 15) is 4.79 Å². The van der Waals surface area contributed by atoms with Gasteiger partial charge in [-0.1, -0.05) is 0 Å². The smallest absolute Gasteiger partial charge is 0.309 e. The second kappa shape index (κ2) is 4.94. The van der Waals surface area contributed by atoms with Gasteiger partial charge in [0.15, 0.2) is 0 Å². The molecule has 0 radical (unpaired) electrons. The minimum absolute atomic E-state index is 0.00360. The molecule has 2 aliphatic rings. The highest BCUT2D eigenvalue weighted by molar-refractivity contribution is 5.72. The summed E-state index contributed by atoms with van der Waals surface area (Å²) in [5, 5.41) is 3.28. The summed E-state index contributed by atoms with van der Waals surface area (Å²) in [5.74, 6) is 0.151. The van der Waals surface area contributed by atoms with Gasteiger partial charge < -0.3 is 10.1 Å². The van der Waals surface area contributed by atoms with E-state index in [-0.39, 0.29) is 11.9 Å². The number of ether oxygens (including phenoxy) is 1. The molecule has 0 bridgehead atoms. The van der Waals surface area contributed by atoms with Crippen molar-refractivity contribution in [2.24, 2.45) is 5.92 Å². The van der Waals surface area contributed by atoms with E-state index >= 15 is 0 Å². The lowest BCUT2D eigenvalue weighted by Crippen LogP contribution is -2.59. The van der Waals surface area contributed by atoms with Crippen LogP contribution in [0.4, 0.5) is 0 Å². The Labute approximate surface area is 91.0 Å². The van der Waals surface area contributed by atoms with Crippen molar-refractivity contribution >= 4 is 5.97 Å². The molecule has 0 aromatic rings. The average Bonchev–Trinajstić information content (AvgIpc) is 2.16. The molecule has 0 amide bonds. The van der Waals surface area contributed by atoms with Crippen molar-refractivity contribution in [1.29, 1.82) is 0 Å². The summed E-state index contributed by atoms with van der Waals surface area (Å²) in [7, 11) is 0. The molecule has 0 aliphatic carbocycles. The summed E-state index contributed by atoms with van der Waals surface area (Å²) in [6.45, 7) is 6.71. The lowest BCUT2D eigenvalue weighted by atomic mass is 9.95. The van der Waals surface area contributed by atoms with Crippen molar-refractivity contribution in [3.63, 3.8) is 0 Å². The Morgan fingerprint density at radius 3 is 2.53 bits per heavy atom. The zero-order chi connectivity index (χ0) is 10.7. The molecule has 2 saturated heterocycles. The molecule has 2 rings (SSSR count). The fourth-order valence-corrected chi connectivity index (χ4v) is 2.29. The summed E-state index contributed by atoms with van der Waals surface area (Å²) in [4.78, 5) is 14.0. The molecule has 0 atom stereocenters. The van der Waals surface area contributed by atoms with Gasteiger partial charge in [-0.2, -0.15) is 0 Å². The highest BCUT2D eigenvalue weighted by atomic mass is 16.5. The van der Waals surface area contributed by atoms with Gasteiger partial charge in [0, 0.05) is 19.1 Å². The molecule has 0 unspecified atom stereocenters. The van der Waals surface area contributed by atoms with Crippen molar-refractivity contribution in [3.05, 3.63) is 0 Å². The van der Waals surface area contributed by atoms with Gasteiger partial charge in [0.25, 0.3) is 0 Å². The number of carbonyl (C=O) groups is 1. The number of piperidine rings is 1. The van der Waals surface area contributed by atoms with E-state index in [4.69, 9.17) is 4.74 Å². The van der Waals surface area contributed by atoms with Crippen molar-refractivity contribution in [2.45, 2.75) is 25.8 Å². The zero-order valence-corrected chi connectivity index (χ0v) is 9.37. The molecular weight excluding hydrogens is 192 g/mol. The molecule has 2 aliphatic heterocycles. The van der Waals surface area contributed by atoms with Crippen LogP contribution in [0.3, 0.4) is 0 Å². The van der Waals surface area contributed by atoms with Crippen LogP contribution in [0.2, 0.25) is 0 Å². The van der Waals surface area contributed by atoms with Crippen LogP contribution < -0.4 is 5.32 Å². The quantitative estimate of drug-likeness (QED) is 0.680. The Balaban J connectivity index is 1.73. The minimum atomic E-state index is 0.00360. The number of esters is 1. The predicted octanol–water partition coefficient (Wildman–Crippen LogP) is 0.233. The topological polar surface area (TPSA) is 41.6 Å². The highest BCUT2D eigenvalue weighted by Gasteiger charge is 2.31. The lowest BCUT2D eigenvalue weighted by molar-refractivity contribution is -0.149. The Morgan fingerprint density at radius 1 is 1.40 bits per heavy atom. The molecule has 4 nitrogen and oxygen atoms in total. The summed E-state index contributed by atoms with van der Waals surface area (Å²) < 4.78 is 5.05. The molecule has 2 heterocycles. The van der Waals surface area contributed by atoms with Crippen molar-refractivity contribution < 1.29 is 9.53 Å². The number of hydrogen-bond acceptors (Lipinski definition) is 4. The maximum atomic E-state index is 11.5. The van der Waals surface area contributed by atoms with Crippen LogP contribution in [0.1, 0.15) is 19.8 Å². The first-order valence-corrected chi connectivity index (χ1v) is 5.92. The molecule has 0 saturated carbocycles. The van der Waals surface area contributed by atoms with Crippen LogP contribution in [0.25, 0.3) is 0 Å². The molecule has 0 aromatic carbocycles. The number of nitrogens with zero attached hydrogens (tertiary/aromatic N) is 1. The van der Waals surface area contributed by atoms with Crippen molar-refractivity contribution in [2.75, 3.05) is 32.8 Å². The van der Waals surface area contributed by atoms with Crippen LogP contribution in [0, 0.1) is 5.92 Å². The van der Waals surface area contributed by atoms with E-state index in [1.807, 2.05) is 6.92 Å². The third kappa shape index (κ3) is 2.49. The fourth-order valence-electron chi connectivity index (χ4n) is 2.29. The molecule has 86 valence electrons. The largest absolute Gasteiger partial charge is 0.466 e. The van der Waals surface area contributed by atoms with Gasteiger partial charge in [0.2, 0.25) is 0 Å². The molecule has 0 aromatic heterocycles. The monoisotopic (exact) mass is 212 g/mol. The van der Waals surface area contributed by atoms with Crippen molar-refractivity contribution in [3.8, 4) is 0 Å². The zero-order valence-electron chi connectivity index (χ0n) is 9.37. The number of hydrogen-bond donors (Lipinski definition) is 1. The number of likely N-dealkylation sites (tertiary alicyclic amines) is 1. The maximum Gasteiger partial charge on any atom is 0.309 e. The summed E-state index contributed by atoms with van der Waals surface area (Å²) in [6.07, 6.45) is 1.94. The first-order valence-electron chi connectivity index (χ1n) is 5.92. The lowest BCUT2D eigenvalue weighted by Gasteiger charge is -2.41. The molecule has 15 heavy (non-hydrogen) atoms. The number of rotatable bonds is 3. The summed E-state index contributed by atoms with van der Waals surface area (Å²) >= 11 is 0. The second-order valence-electron chi connectivity index (χ2n) is 4.37. The third-order valence-electron chi connectivity index (χ3n) is 3.43. The summed E-state index contributed by atoms with van der Waals surface area (Å²) in [6, 6.07) is 0.716. The first-order chi connectivity index (χ1) is 7.31. The minimum Gasteiger partial charge on any atom is -0.466 e. The standard InChI is InChI=1S/C11H20N2O2/c1-2-15-11(14)9-3-5-13(6-4-9)10-7-12-8-10/h9-10,12H,2-8H2,1H3. The van der Waals surface area contributed by atoms with Crippen molar-refractivity contribution in [1.82, 2.24) is 10.2 Å². The molecule has 0 spiro atoms. The van der Waals surface area contributed by atoms with Gasteiger partial charge in [-0.25, -0.2) is 0 Å². The Hall–Kier alpha value is -0.610. The summed E-state index contributed by atoms with van der Waals surface area (Å²) in [5.41, 5.74) is 0. The van der Waals surface area contributed by atoms with Crippen LogP contribution in [0.15, 0.2) is 0 Å². The van der Waals surface area contributed by atoms with Gasteiger partial charge in [0.05, 0.1) is 12.5 Å². The van der Waals surface area contributed by atoms with E-state index in [2.05, 4.69) is 10.2 Å². The van der Waals surface area contributed by atoms with E-state index in [1.165, 1.54) is 0 Å². The van der Waals surface area contributed by atoms with Crippen LogP contribution >= 0.6 is 0 Å². The average molecular weight is 212 g/mol. The fraction of sp³-hybridized carbons (Fsp3) is 0.909. The third-order valence-corrected chi connectivity index (χ3v) is 3.43. The molecular formula is C11H20N2O2. The molecule has 2 fully saturated rings. The molecule has 1 N–H and O–H groups in total.